The fourth-order valence-electron chi connectivity index (χ4n) is 3.57. The summed E-state index contributed by atoms with van der Waals surface area (Å²) in [4.78, 5) is 18.5. The smallest absolute Gasteiger partial charge is 0.410 e. The third kappa shape index (κ3) is 4.48. The Morgan fingerprint density at radius 1 is 1.27 bits per heavy atom. The van der Waals surface area contributed by atoms with Gasteiger partial charge in [0.15, 0.2) is 0 Å². The molecule has 1 saturated heterocycles. The minimum Gasteiger partial charge on any atom is -0.490 e. The second kappa shape index (κ2) is 8.10. The molecular formula is C22H25N3O4S. The highest BCUT2D eigenvalue weighted by molar-refractivity contribution is 7.20. The van der Waals surface area contributed by atoms with Gasteiger partial charge in [0.2, 0.25) is 0 Å². The second-order valence-corrected chi connectivity index (χ2v) is 9.44. The number of piperidine rings is 1. The number of nitrogens with zero attached hydrogens (tertiary/aromatic N) is 3. The largest absolute Gasteiger partial charge is 0.490 e. The van der Waals surface area contributed by atoms with Crippen LogP contribution in [0.1, 0.15) is 38.6 Å². The highest BCUT2D eigenvalue weighted by Crippen LogP contribution is 2.32. The molecule has 4 rings (SSSR count). The molecule has 7 nitrogen and oxygen atoms in total. The lowest BCUT2D eigenvalue weighted by molar-refractivity contribution is 0.0127. The molecule has 2 heterocycles. The Hall–Kier alpha value is -2.87. The first-order valence-electron chi connectivity index (χ1n) is 9.98. The number of carbonyl (C=O) groups excluding carboxylic acids is 1. The van der Waals surface area contributed by atoms with Gasteiger partial charge in [0.05, 0.1) is 10.2 Å². The van der Waals surface area contributed by atoms with Gasteiger partial charge >= 0.3 is 6.09 Å². The molecule has 1 aliphatic rings. The van der Waals surface area contributed by atoms with Crippen LogP contribution in [0, 0.1) is 0 Å². The Balaban J connectivity index is 1.43. The summed E-state index contributed by atoms with van der Waals surface area (Å²) in [7, 11) is 0. The van der Waals surface area contributed by atoms with Crippen molar-refractivity contribution in [3.63, 3.8) is 0 Å². The van der Waals surface area contributed by atoms with Gasteiger partial charge in [0, 0.05) is 31.3 Å². The Morgan fingerprint density at radius 3 is 2.73 bits per heavy atom. The molecule has 2 aromatic carbocycles. The SMILES string of the molecule is CC(C)(C)OC(=O)N1CCC(Oc2ccc3c(ccc4sc(/C=N/O)nc43)c2)CC1. The molecule has 1 amide bonds. The fourth-order valence-corrected chi connectivity index (χ4v) is 4.42. The summed E-state index contributed by atoms with van der Waals surface area (Å²) in [5, 5.41) is 14.5. The van der Waals surface area contributed by atoms with Crippen LogP contribution >= 0.6 is 11.3 Å². The van der Waals surface area contributed by atoms with Crippen molar-refractivity contribution in [2.45, 2.75) is 45.3 Å². The maximum absolute atomic E-state index is 12.2. The van der Waals surface area contributed by atoms with Crippen molar-refractivity contribution in [1.82, 2.24) is 9.88 Å². The van der Waals surface area contributed by atoms with Gasteiger partial charge in [0.25, 0.3) is 0 Å². The first kappa shape index (κ1) is 20.4. The molecule has 0 unspecified atom stereocenters. The van der Waals surface area contributed by atoms with Crippen LogP contribution < -0.4 is 4.74 Å². The van der Waals surface area contributed by atoms with Gasteiger partial charge in [-0.3, -0.25) is 0 Å². The van der Waals surface area contributed by atoms with Crippen molar-refractivity contribution < 1.29 is 19.5 Å². The molecule has 8 heteroatoms. The minimum atomic E-state index is -0.482. The van der Waals surface area contributed by atoms with Gasteiger partial charge in [-0.2, -0.15) is 0 Å². The Labute approximate surface area is 178 Å². The molecule has 3 aromatic rings. The number of likely N-dealkylation sites (tertiary alicyclic amines) is 1. The van der Waals surface area contributed by atoms with E-state index in [4.69, 9.17) is 14.7 Å². The predicted octanol–water partition coefficient (Wildman–Crippen LogP) is 5.04. The van der Waals surface area contributed by atoms with Gasteiger partial charge in [-0.05, 0) is 50.4 Å². The number of hydrogen-bond acceptors (Lipinski definition) is 7. The number of amides is 1. The van der Waals surface area contributed by atoms with Gasteiger partial charge in [0.1, 0.15) is 28.7 Å². The summed E-state index contributed by atoms with van der Waals surface area (Å²) in [5.41, 5.74) is 0.411. The highest BCUT2D eigenvalue weighted by atomic mass is 32.1. The van der Waals surface area contributed by atoms with E-state index in [0.29, 0.717) is 18.1 Å². The molecule has 0 saturated carbocycles. The zero-order valence-corrected chi connectivity index (χ0v) is 18.1. The van der Waals surface area contributed by atoms with E-state index in [-0.39, 0.29) is 12.2 Å². The number of aromatic nitrogens is 1. The quantitative estimate of drug-likeness (QED) is 0.360. The van der Waals surface area contributed by atoms with Crippen molar-refractivity contribution in [3.05, 3.63) is 35.3 Å². The molecule has 0 radical (unpaired) electrons. The number of carbonyl (C=O) groups is 1. The van der Waals surface area contributed by atoms with E-state index in [1.165, 1.54) is 17.6 Å². The lowest BCUT2D eigenvalue weighted by Gasteiger charge is -2.33. The van der Waals surface area contributed by atoms with Crippen LogP contribution in [0.2, 0.25) is 0 Å². The first-order chi connectivity index (χ1) is 14.3. The average Bonchev–Trinajstić information content (AvgIpc) is 3.10. The number of ether oxygens (including phenoxy) is 2. The number of thiazole rings is 1. The van der Waals surface area contributed by atoms with Crippen molar-refractivity contribution >= 4 is 44.6 Å². The Morgan fingerprint density at radius 2 is 2.03 bits per heavy atom. The fraction of sp³-hybridized carbons (Fsp3) is 0.409. The van der Waals surface area contributed by atoms with Crippen LogP contribution in [0.4, 0.5) is 4.79 Å². The van der Waals surface area contributed by atoms with E-state index < -0.39 is 5.60 Å². The van der Waals surface area contributed by atoms with Crippen LogP contribution in [-0.2, 0) is 4.74 Å². The summed E-state index contributed by atoms with van der Waals surface area (Å²) >= 11 is 1.48. The van der Waals surface area contributed by atoms with E-state index >= 15 is 0 Å². The topological polar surface area (TPSA) is 84.2 Å². The van der Waals surface area contributed by atoms with E-state index in [1.807, 2.05) is 51.1 Å². The van der Waals surface area contributed by atoms with Crippen molar-refractivity contribution in [1.29, 1.82) is 0 Å². The molecule has 1 N–H and O–H groups in total. The molecule has 0 atom stereocenters. The maximum Gasteiger partial charge on any atom is 0.410 e. The van der Waals surface area contributed by atoms with Crippen LogP contribution in [-0.4, -0.2) is 52.2 Å². The van der Waals surface area contributed by atoms with E-state index in [0.717, 1.165) is 39.6 Å². The van der Waals surface area contributed by atoms with Crippen molar-refractivity contribution in [2.75, 3.05) is 13.1 Å². The summed E-state index contributed by atoms with van der Waals surface area (Å²) in [5.74, 6) is 0.810. The first-order valence-corrected chi connectivity index (χ1v) is 10.8. The van der Waals surface area contributed by atoms with Gasteiger partial charge in [-0.15, -0.1) is 11.3 Å². The van der Waals surface area contributed by atoms with Crippen LogP contribution in [0.15, 0.2) is 35.5 Å². The Bertz CT molecular complexity index is 1090. The van der Waals surface area contributed by atoms with E-state index in [2.05, 4.69) is 10.1 Å². The molecular weight excluding hydrogens is 402 g/mol. The average molecular weight is 428 g/mol. The summed E-state index contributed by atoms with van der Waals surface area (Å²) in [6, 6.07) is 10.1. The maximum atomic E-state index is 12.2. The molecule has 158 valence electrons. The minimum absolute atomic E-state index is 0.0662. The predicted molar refractivity (Wildman–Crippen MR) is 118 cm³/mol. The van der Waals surface area contributed by atoms with E-state index in [9.17, 15) is 4.79 Å². The van der Waals surface area contributed by atoms with E-state index in [1.54, 1.807) is 4.90 Å². The lowest BCUT2D eigenvalue weighted by Crippen LogP contribution is -2.44. The van der Waals surface area contributed by atoms with Crippen LogP contribution in [0.25, 0.3) is 21.0 Å². The van der Waals surface area contributed by atoms with Crippen LogP contribution in [0.5, 0.6) is 5.75 Å². The molecule has 30 heavy (non-hydrogen) atoms. The number of rotatable bonds is 3. The lowest BCUT2D eigenvalue weighted by atomic mass is 10.1. The number of hydrogen-bond donors (Lipinski definition) is 1. The molecule has 0 aliphatic carbocycles. The molecule has 1 aliphatic heterocycles. The third-order valence-electron chi connectivity index (χ3n) is 4.93. The zero-order valence-electron chi connectivity index (χ0n) is 17.3. The molecule has 0 spiro atoms. The third-order valence-corrected chi connectivity index (χ3v) is 5.88. The monoisotopic (exact) mass is 427 g/mol. The van der Waals surface area contributed by atoms with Gasteiger partial charge < -0.3 is 19.6 Å². The van der Waals surface area contributed by atoms with Crippen LogP contribution in [0.3, 0.4) is 0 Å². The molecule has 0 bridgehead atoms. The Kier molecular flexibility index (Phi) is 5.51. The normalized spacial score (nSPS) is 15.9. The number of benzene rings is 2. The standard InChI is InChI=1S/C22H25N3O4S/c1-22(2,3)29-21(26)25-10-8-15(9-11-25)28-16-5-6-17-14(12-16)4-7-18-20(17)24-19(30-18)13-23-27/h4-7,12-13,15,27H,8-11H2,1-3H3/b23-13+. The highest BCUT2D eigenvalue weighted by Gasteiger charge is 2.27. The molecule has 1 fully saturated rings. The second-order valence-electron chi connectivity index (χ2n) is 8.38. The van der Waals surface area contributed by atoms with Gasteiger partial charge in [-0.1, -0.05) is 11.2 Å². The summed E-state index contributed by atoms with van der Waals surface area (Å²) < 4.78 is 12.7. The van der Waals surface area contributed by atoms with Crippen molar-refractivity contribution in [3.8, 4) is 5.75 Å². The van der Waals surface area contributed by atoms with Gasteiger partial charge in [-0.25, -0.2) is 9.78 Å². The number of fused-ring (bicyclic) bond motifs is 3. The number of oxime groups is 1. The summed E-state index contributed by atoms with van der Waals surface area (Å²) in [6.45, 7) is 6.88. The van der Waals surface area contributed by atoms with Crippen molar-refractivity contribution in [2.24, 2.45) is 5.16 Å². The summed E-state index contributed by atoms with van der Waals surface area (Å²) in [6.07, 6.45) is 2.69. The molecule has 1 aromatic heterocycles. The zero-order chi connectivity index (χ0) is 21.3.